The Morgan fingerprint density at radius 2 is 1.67 bits per heavy atom. The number of hydrogen-bond acceptors (Lipinski definition) is 5. The van der Waals surface area contributed by atoms with Crippen molar-refractivity contribution in [3.8, 4) is 5.82 Å². The fourth-order valence-electron chi connectivity index (χ4n) is 2.93. The molecule has 6 nitrogen and oxygen atoms in total. The first kappa shape index (κ1) is 15.0. The van der Waals surface area contributed by atoms with Crippen LogP contribution in [0.5, 0.6) is 0 Å². The van der Waals surface area contributed by atoms with Crippen molar-refractivity contribution in [1.29, 1.82) is 0 Å². The van der Waals surface area contributed by atoms with E-state index in [0.29, 0.717) is 0 Å². The first-order valence-electron chi connectivity index (χ1n) is 7.86. The molecule has 0 spiro atoms. The van der Waals surface area contributed by atoms with Gasteiger partial charge >= 0.3 is 0 Å². The molecule has 3 heterocycles. The molecular weight excluding hydrogens is 324 g/mol. The number of imidazole rings is 1. The van der Waals surface area contributed by atoms with E-state index in [4.69, 9.17) is 11.6 Å². The van der Waals surface area contributed by atoms with Gasteiger partial charge in [0.15, 0.2) is 0 Å². The second-order valence-electron chi connectivity index (χ2n) is 5.63. The van der Waals surface area contributed by atoms with Gasteiger partial charge in [-0.1, -0.05) is 23.7 Å². The summed E-state index contributed by atoms with van der Waals surface area (Å²) in [5.41, 5.74) is 1.10. The van der Waals surface area contributed by atoms with Crippen molar-refractivity contribution in [3.05, 3.63) is 60.4 Å². The maximum Gasteiger partial charge on any atom is 0.143 e. The molecule has 0 amide bonds. The molecule has 122 valence electrons. The third kappa shape index (κ3) is 2.92. The molecule has 4 rings (SSSR count). The summed E-state index contributed by atoms with van der Waals surface area (Å²) in [5.74, 6) is 1.76. The fraction of sp³-hybridized carbons (Fsp3) is 0.235. The highest BCUT2D eigenvalue weighted by atomic mass is 35.5. The largest absolute Gasteiger partial charge is 0.367 e. The zero-order chi connectivity index (χ0) is 16.4. The molecule has 1 aliphatic rings. The molecule has 3 aromatic rings. The Kier molecular flexibility index (Phi) is 4.04. The Bertz CT molecular complexity index is 811. The second-order valence-corrected chi connectivity index (χ2v) is 6.04. The highest BCUT2D eigenvalue weighted by molar-refractivity contribution is 6.33. The average molecular weight is 341 g/mol. The molecule has 0 N–H and O–H groups in total. The zero-order valence-electron chi connectivity index (χ0n) is 13.1. The lowest BCUT2D eigenvalue weighted by atomic mass is 10.2. The van der Waals surface area contributed by atoms with Crippen LogP contribution in [-0.2, 0) is 0 Å². The van der Waals surface area contributed by atoms with Crippen LogP contribution in [0.1, 0.15) is 0 Å². The molecule has 0 atom stereocenters. The number of benzene rings is 1. The summed E-state index contributed by atoms with van der Waals surface area (Å²) in [6, 6.07) is 9.98. The third-order valence-corrected chi connectivity index (χ3v) is 4.52. The number of aromatic nitrogens is 4. The summed E-state index contributed by atoms with van der Waals surface area (Å²) in [7, 11) is 0. The molecule has 0 radical (unpaired) electrons. The van der Waals surface area contributed by atoms with Gasteiger partial charge < -0.3 is 9.80 Å². The van der Waals surface area contributed by atoms with E-state index in [1.165, 1.54) is 0 Å². The molecule has 2 aromatic heterocycles. The lowest BCUT2D eigenvalue weighted by Crippen LogP contribution is -2.47. The van der Waals surface area contributed by atoms with Gasteiger partial charge in [-0.15, -0.1) is 0 Å². The highest BCUT2D eigenvalue weighted by Gasteiger charge is 2.20. The van der Waals surface area contributed by atoms with Crippen LogP contribution in [0.15, 0.2) is 55.4 Å². The Morgan fingerprint density at radius 1 is 0.917 bits per heavy atom. The average Bonchev–Trinajstić information content (AvgIpc) is 3.17. The molecule has 1 saturated heterocycles. The van der Waals surface area contributed by atoms with Crippen LogP contribution >= 0.6 is 11.6 Å². The molecule has 24 heavy (non-hydrogen) atoms. The lowest BCUT2D eigenvalue weighted by molar-refractivity contribution is 0.646. The maximum absolute atomic E-state index is 6.30. The van der Waals surface area contributed by atoms with Crippen molar-refractivity contribution >= 4 is 23.1 Å². The van der Waals surface area contributed by atoms with Crippen LogP contribution in [-0.4, -0.2) is 45.7 Å². The van der Waals surface area contributed by atoms with Gasteiger partial charge in [0.25, 0.3) is 0 Å². The van der Waals surface area contributed by atoms with E-state index in [2.05, 4.69) is 30.8 Å². The van der Waals surface area contributed by atoms with Crippen molar-refractivity contribution in [1.82, 2.24) is 19.5 Å². The van der Waals surface area contributed by atoms with Gasteiger partial charge in [0.05, 0.1) is 10.7 Å². The van der Waals surface area contributed by atoms with E-state index in [1.54, 1.807) is 18.9 Å². The van der Waals surface area contributed by atoms with Crippen molar-refractivity contribution < 1.29 is 0 Å². The van der Waals surface area contributed by atoms with Gasteiger partial charge in [-0.25, -0.2) is 15.0 Å². The predicted octanol–water partition coefficient (Wildman–Crippen LogP) is 2.64. The summed E-state index contributed by atoms with van der Waals surface area (Å²) in [4.78, 5) is 17.4. The van der Waals surface area contributed by atoms with Crippen molar-refractivity contribution in [2.24, 2.45) is 0 Å². The molecule has 1 fully saturated rings. The van der Waals surface area contributed by atoms with Gasteiger partial charge in [-0.3, -0.25) is 4.57 Å². The Labute approximate surface area is 145 Å². The number of piperazine rings is 1. The molecule has 0 bridgehead atoms. The van der Waals surface area contributed by atoms with Gasteiger partial charge in [0, 0.05) is 44.6 Å². The predicted molar refractivity (Wildman–Crippen MR) is 95.0 cm³/mol. The molecule has 0 aliphatic carbocycles. The zero-order valence-corrected chi connectivity index (χ0v) is 13.8. The molecular formula is C17H17ClN6. The quantitative estimate of drug-likeness (QED) is 0.733. The Hall–Kier alpha value is -2.60. The first-order chi connectivity index (χ1) is 11.8. The van der Waals surface area contributed by atoms with Crippen LogP contribution in [0.3, 0.4) is 0 Å². The van der Waals surface area contributed by atoms with E-state index in [1.807, 2.05) is 35.0 Å². The summed E-state index contributed by atoms with van der Waals surface area (Å²) < 4.78 is 1.88. The van der Waals surface area contributed by atoms with Crippen molar-refractivity contribution in [2.75, 3.05) is 36.0 Å². The highest BCUT2D eigenvalue weighted by Crippen LogP contribution is 2.27. The molecule has 1 aliphatic heterocycles. The van der Waals surface area contributed by atoms with Crippen molar-refractivity contribution in [2.45, 2.75) is 0 Å². The number of para-hydroxylation sites is 1. The number of anilines is 2. The SMILES string of the molecule is Clc1ccccc1N1CCN(c2cc(-n3ccnc3)ncn2)CC1. The van der Waals surface area contributed by atoms with Gasteiger partial charge in [-0.05, 0) is 12.1 Å². The number of hydrogen-bond donors (Lipinski definition) is 0. The standard InChI is InChI=1S/C17H17ClN6/c18-14-3-1-2-4-15(14)22-7-9-23(10-8-22)16-11-17(21-12-20-16)24-6-5-19-13-24/h1-6,11-13H,7-10H2. The normalized spacial score (nSPS) is 14.9. The van der Waals surface area contributed by atoms with E-state index < -0.39 is 0 Å². The number of halogens is 1. The molecule has 0 unspecified atom stereocenters. The van der Waals surface area contributed by atoms with Crippen LogP contribution in [0.25, 0.3) is 5.82 Å². The van der Waals surface area contributed by atoms with Crippen LogP contribution < -0.4 is 9.80 Å². The minimum Gasteiger partial charge on any atom is -0.367 e. The van der Waals surface area contributed by atoms with E-state index in [9.17, 15) is 0 Å². The fourth-order valence-corrected chi connectivity index (χ4v) is 3.19. The monoisotopic (exact) mass is 340 g/mol. The minimum atomic E-state index is 0.801. The molecule has 1 aromatic carbocycles. The van der Waals surface area contributed by atoms with Gasteiger partial charge in [0.2, 0.25) is 0 Å². The molecule has 7 heteroatoms. The maximum atomic E-state index is 6.30. The number of rotatable bonds is 3. The lowest BCUT2D eigenvalue weighted by Gasteiger charge is -2.37. The smallest absolute Gasteiger partial charge is 0.143 e. The summed E-state index contributed by atoms with van der Waals surface area (Å²) in [6.07, 6.45) is 6.96. The van der Waals surface area contributed by atoms with E-state index >= 15 is 0 Å². The summed E-state index contributed by atoms with van der Waals surface area (Å²) in [6.45, 7) is 3.61. The summed E-state index contributed by atoms with van der Waals surface area (Å²) in [5, 5.41) is 0.801. The Morgan fingerprint density at radius 3 is 2.42 bits per heavy atom. The van der Waals surface area contributed by atoms with Crippen LogP contribution in [0.2, 0.25) is 5.02 Å². The minimum absolute atomic E-state index is 0.801. The third-order valence-electron chi connectivity index (χ3n) is 4.20. The van der Waals surface area contributed by atoms with Crippen molar-refractivity contribution in [3.63, 3.8) is 0 Å². The van der Waals surface area contributed by atoms with Crippen LogP contribution in [0, 0.1) is 0 Å². The molecule has 0 saturated carbocycles. The first-order valence-corrected chi connectivity index (χ1v) is 8.24. The topological polar surface area (TPSA) is 50.1 Å². The Balaban J connectivity index is 1.48. The van der Waals surface area contributed by atoms with Crippen LogP contribution in [0.4, 0.5) is 11.5 Å². The summed E-state index contributed by atoms with van der Waals surface area (Å²) >= 11 is 6.30. The van der Waals surface area contributed by atoms with E-state index in [-0.39, 0.29) is 0 Å². The van der Waals surface area contributed by atoms with Gasteiger partial charge in [-0.2, -0.15) is 0 Å². The van der Waals surface area contributed by atoms with Gasteiger partial charge in [0.1, 0.15) is 24.3 Å². The van der Waals surface area contributed by atoms with E-state index in [0.717, 1.165) is 48.5 Å². The second kappa shape index (κ2) is 6.49. The number of nitrogens with zero attached hydrogens (tertiary/aromatic N) is 6.